The third-order valence-corrected chi connectivity index (χ3v) is 1.62. The van der Waals surface area contributed by atoms with E-state index in [2.05, 4.69) is 4.99 Å². The Bertz CT molecular complexity index is 174. The maximum absolute atomic E-state index is 5.63. The maximum Gasteiger partial charge on any atom is 0.198 e. The fraction of sp³-hybridized carbons (Fsp3) is 0.400. The lowest BCUT2D eigenvalue weighted by Gasteiger charge is -2.18. The third kappa shape index (κ3) is 1.60. The van der Waals surface area contributed by atoms with E-state index in [1.807, 2.05) is 7.05 Å². The number of rotatable bonds is 0. The highest BCUT2D eigenvalue weighted by Crippen LogP contribution is 2.10. The Morgan fingerprint density at radius 1 is 1.67 bits per heavy atom. The van der Waals surface area contributed by atoms with Gasteiger partial charge in [-0.15, -0.1) is 0 Å². The minimum absolute atomic E-state index is 0.486. The van der Waals surface area contributed by atoms with Crippen molar-refractivity contribution in [2.75, 3.05) is 13.6 Å². The van der Waals surface area contributed by atoms with Crippen LogP contribution in [0.4, 0.5) is 0 Å². The minimum atomic E-state index is 0.486. The summed E-state index contributed by atoms with van der Waals surface area (Å²) in [5, 5.41) is 1.20. The molecule has 0 amide bonds. The fourth-order valence-corrected chi connectivity index (χ4v) is 0.891. The van der Waals surface area contributed by atoms with Crippen LogP contribution in [0.2, 0.25) is 0 Å². The number of likely N-dealkylation sites (N-methyl/N-ethyl adjacent to an activating group) is 1. The molecule has 0 N–H and O–H groups in total. The molecule has 0 radical (unpaired) electrons. The Labute approximate surface area is 63.8 Å². The summed E-state index contributed by atoms with van der Waals surface area (Å²) < 4.78 is 0. The zero-order valence-electron chi connectivity index (χ0n) is 4.93. The largest absolute Gasteiger partial charge is 0.345 e. The number of hydrogen-bond donors (Lipinski definition) is 0. The first kappa shape index (κ1) is 6.90. The topological polar surface area (TPSA) is 15.6 Å². The second-order valence-electron chi connectivity index (χ2n) is 1.83. The first-order chi connectivity index (χ1) is 4.20. The second-order valence-corrected chi connectivity index (χ2v) is 2.65. The van der Waals surface area contributed by atoms with Crippen molar-refractivity contribution in [1.82, 2.24) is 4.90 Å². The van der Waals surface area contributed by atoms with Crippen molar-refractivity contribution in [1.29, 1.82) is 0 Å². The Kier molecular flexibility index (Phi) is 1.98. The van der Waals surface area contributed by atoms with Crippen LogP contribution in [0.15, 0.2) is 16.2 Å². The number of hydrogen-bond acceptors (Lipinski definition) is 2. The molecule has 0 aliphatic carbocycles. The second kappa shape index (κ2) is 2.58. The average molecular weight is 165 g/mol. The molecule has 9 heavy (non-hydrogen) atoms. The molecule has 2 nitrogen and oxygen atoms in total. The SMILES string of the molecule is CN1CC(Cl)=CN=C1Cl. The van der Waals surface area contributed by atoms with E-state index in [4.69, 9.17) is 23.2 Å². The van der Waals surface area contributed by atoms with E-state index in [1.165, 1.54) is 0 Å². The lowest BCUT2D eigenvalue weighted by atomic mass is 10.5. The molecule has 4 heteroatoms. The van der Waals surface area contributed by atoms with Gasteiger partial charge in [-0.2, -0.15) is 0 Å². The van der Waals surface area contributed by atoms with Crippen molar-refractivity contribution in [3.63, 3.8) is 0 Å². The van der Waals surface area contributed by atoms with Gasteiger partial charge in [0, 0.05) is 13.2 Å². The molecule has 0 saturated carbocycles. The Balaban J connectivity index is 2.74. The lowest BCUT2D eigenvalue weighted by molar-refractivity contribution is 0.561. The van der Waals surface area contributed by atoms with Crippen LogP contribution in [0, 0.1) is 0 Å². The monoisotopic (exact) mass is 164 g/mol. The minimum Gasteiger partial charge on any atom is -0.345 e. The Hall–Kier alpha value is -0.210. The summed E-state index contributed by atoms with van der Waals surface area (Å²) in [4.78, 5) is 5.57. The van der Waals surface area contributed by atoms with E-state index in [0.29, 0.717) is 16.9 Å². The van der Waals surface area contributed by atoms with Gasteiger partial charge < -0.3 is 4.90 Å². The molecule has 0 aromatic rings. The summed E-state index contributed by atoms with van der Waals surface area (Å²) in [7, 11) is 1.83. The van der Waals surface area contributed by atoms with Crippen LogP contribution in [0.5, 0.6) is 0 Å². The average Bonchev–Trinajstić information content (AvgIpc) is 1.80. The van der Waals surface area contributed by atoms with Crippen molar-refractivity contribution >= 4 is 28.5 Å². The van der Waals surface area contributed by atoms with Crippen molar-refractivity contribution in [2.45, 2.75) is 0 Å². The Morgan fingerprint density at radius 2 is 2.33 bits per heavy atom. The molecule has 0 unspecified atom stereocenters. The van der Waals surface area contributed by atoms with Crippen LogP contribution in [0.1, 0.15) is 0 Å². The van der Waals surface area contributed by atoms with Crippen LogP contribution < -0.4 is 0 Å². The van der Waals surface area contributed by atoms with Gasteiger partial charge in [-0.3, -0.25) is 0 Å². The zero-order chi connectivity index (χ0) is 6.85. The highest BCUT2D eigenvalue weighted by atomic mass is 35.5. The van der Waals surface area contributed by atoms with Gasteiger partial charge in [-0.05, 0) is 11.6 Å². The number of aliphatic imine (C=N–C) groups is 1. The first-order valence-electron chi connectivity index (χ1n) is 2.49. The van der Waals surface area contributed by atoms with Gasteiger partial charge >= 0.3 is 0 Å². The van der Waals surface area contributed by atoms with Crippen LogP contribution in [-0.4, -0.2) is 23.8 Å². The van der Waals surface area contributed by atoms with Crippen LogP contribution in [0.25, 0.3) is 0 Å². The predicted octanol–water partition coefficient (Wildman–Crippen LogP) is 1.61. The standard InChI is InChI=1S/C5H6Cl2N2/c1-9-3-4(6)2-8-5(9)7/h2H,3H2,1H3. The Morgan fingerprint density at radius 3 is 2.78 bits per heavy atom. The highest BCUT2D eigenvalue weighted by molar-refractivity contribution is 6.64. The highest BCUT2D eigenvalue weighted by Gasteiger charge is 2.07. The summed E-state index contributed by atoms with van der Waals surface area (Å²) >= 11 is 11.2. The smallest absolute Gasteiger partial charge is 0.198 e. The van der Waals surface area contributed by atoms with Crippen molar-refractivity contribution < 1.29 is 0 Å². The quantitative estimate of drug-likeness (QED) is 0.498. The number of nitrogens with zero attached hydrogens (tertiary/aromatic N) is 2. The van der Waals surface area contributed by atoms with Gasteiger partial charge in [0.1, 0.15) is 0 Å². The number of halogens is 2. The lowest BCUT2D eigenvalue weighted by Crippen LogP contribution is -2.25. The van der Waals surface area contributed by atoms with E-state index < -0.39 is 0 Å². The van der Waals surface area contributed by atoms with Crippen molar-refractivity contribution in [2.24, 2.45) is 4.99 Å². The molecule has 50 valence electrons. The summed E-state index contributed by atoms with van der Waals surface area (Å²) in [6.45, 7) is 0.657. The molecule has 0 aromatic carbocycles. The molecule has 1 heterocycles. The van der Waals surface area contributed by atoms with Crippen LogP contribution >= 0.6 is 23.2 Å². The molecule has 0 spiro atoms. The summed E-state index contributed by atoms with van der Waals surface area (Å²) in [5.74, 6) is 0. The third-order valence-electron chi connectivity index (χ3n) is 1.01. The molecule has 0 fully saturated rings. The van der Waals surface area contributed by atoms with Crippen LogP contribution in [0.3, 0.4) is 0 Å². The van der Waals surface area contributed by atoms with Gasteiger partial charge in [0.25, 0.3) is 0 Å². The fourth-order valence-electron chi connectivity index (χ4n) is 0.554. The molecule has 1 aliphatic heterocycles. The normalized spacial score (nSPS) is 19.2. The van der Waals surface area contributed by atoms with E-state index in [9.17, 15) is 0 Å². The molecule has 0 saturated heterocycles. The number of amidine groups is 1. The molecular formula is C5H6Cl2N2. The van der Waals surface area contributed by atoms with Gasteiger partial charge in [-0.1, -0.05) is 11.6 Å². The first-order valence-corrected chi connectivity index (χ1v) is 3.24. The van der Waals surface area contributed by atoms with Crippen LogP contribution in [-0.2, 0) is 0 Å². The molecule has 1 rings (SSSR count). The zero-order valence-corrected chi connectivity index (χ0v) is 6.45. The van der Waals surface area contributed by atoms with Crippen molar-refractivity contribution in [3.05, 3.63) is 11.2 Å². The maximum atomic E-state index is 5.63. The van der Waals surface area contributed by atoms with Gasteiger partial charge in [0.15, 0.2) is 5.29 Å². The summed E-state index contributed by atoms with van der Waals surface area (Å²) in [6.07, 6.45) is 1.56. The predicted molar refractivity (Wildman–Crippen MR) is 39.9 cm³/mol. The molecule has 1 aliphatic rings. The summed E-state index contributed by atoms with van der Waals surface area (Å²) in [6, 6.07) is 0. The molecular weight excluding hydrogens is 159 g/mol. The van der Waals surface area contributed by atoms with Gasteiger partial charge in [0.05, 0.1) is 11.6 Å². The summed E-state index contributed by atoms with van der Waals surface area (Å²) in [5.41, 5.74) is 0. The van der Waals surface area contributed by atoms with Crippen molar-refractivity contribution in [3.8, 4) is 0 Å². The molecule has 0 atom stereocenters. The van der Waals surface area contributed by atoms with Gasteiger partial charge in [-0.25, -0.2) is 4.99 Å². The molecule has 0 bridgehead atoms. The van der Waals surface area contributed by atoms with E-state index in [-0.39, 0.29) is 0 Å². The van der Waals surface area contributed by atoms with E-state index in [1.54, 1.807) is 11.1 Å². The van der Waals surface area contributed by atoms with E-state index >= 15 is 0 Å². The molecule has 0 aromatic heterocycles. The van der Waals surface area contributed by atoms with Gasteiger partial charge in [0.2, 0.25) is 0 Å². The van der Waals surface area contributed by atoms with E-state index in [0.717, 1.165) is 0 Å².